The van der Waals surface area contributed by atoms with Crippen molar-refractivity contribution in [1.82, 2.24) is 4.90 Å². The van der Waals surface area contributed by atoms with Crippen LogP contribution in [-0.4, -0.2) is 45.4 Å². The molecule has 0 aliphatic carbocycles. The summed E-state index contributed by atoms with van der Waals surface area (Å²) in [5.41, 5.74) is -0.955. The van der Waals surface area contributed by atoms with Crippen molar-refractivity contribution in [1.29, 1.82) is 0 Å². The molecular weight excluding hydrogens is 370 g/mol. The van der Waals surface area contributed by atoms with Crippen LogP contribution in [0.15, 0.2) is 18.2 Å². The van der Waals surface area contributed by atoms with E-state index in [2.05, 4.69) is 5.32 Å². The van der Waals surface area contributed by atoms with Crippen LogP contribution in [0.2, 0.25) is 5.02 Å². The van der Waals surface area contributed by atoms with Crippen LogP contribution in [0, 0.1) is 11.8 Å². The number of carbonyl (C=O) groups is 3. The Kier molecular flexibility index (Phi) is 3.77. The van der Waals surface area contributed by atoms with Crippen molar-refractivity contribution in [3.05, 3.63) is 28.8 Å². The smallest absolute Gasteiger partial charge is 0.291 e. The van der Waals surface area contributed by atoms with Gasteiger partial charge in [0.15, 0.2) is 0 Å². The average molecular weight is 393 g/mol. The number of rotatable bonds is 1. The van der Waals surface area contributed by atoms with E-state index in [4.69, 9.17) is 11.6 Å². The largest absolute Gasteiger partial charge is 0.387 e. The molecule has 1 spiro atoms. The van der Waals surface area contributed by atoms with Crippen molar-refractivity contribution in [3.63, 3.8) is 0 Å². The van der Waals surface area contributed by atoms with Crippen molar-refractivity contribution in [3.8, 4) is 0 Å². The number of nitrogens with one attached hydrogen (secondary N) is 1. The number of quaternary nitrogens is 1. The van der Waals surface area contributed by atoms with Crippen LogP contribution in [-0.2, 0) is 19.9 Å². The molecule has 0 saturated carbocycles. The van der Waals surface area contributed by atoms with Gasteiger partial charge in [-0.25, -0.2) is 0 Å². The van der Waals surface area contributed by atoms with E-state index < -0.39 is 35.1 Å². The minimum Gasteiger partial charge on any atom is -0.387 e. The summed E-state index contributed by atoms with van der Waals surface area (Å²) in [6.07, 6.45) is -0.871. The third kappa shape index (κ3) is 2.19. The first-order valence-corrected chi connectivity index (χ1v) is 9.42. The van der Waals surface area contributed by atoms with Crippen molar-refractivity contribution < 1.29 is 24.8 Å². The highest BCUT2D eigenvalue weighted by atomic mass is 35.5. The molecule has 2 fully saturated rings. The van der Waals surface area contributed by atoms with E-state index in [1.165, 1.54) is 4.90 Å². The van der Waals surface area contributed by atoms with Crippen LogP contribution in [0.3, 0.4) is 0 Å². The number of benzene rings is 1. The Bertz CT molecular complexity index is 878. The molecule has 1 aromatic carbocycles. The van der Waals surface area contributed by atoms with Crippen molar-refractivity contribution in [2.24, 2.45) is 11.8 Å². The number of hydrogen-bond acceptors (Lipinski definition) is 4. The van der Waals surface area contributed by atoms with Crippen LogP contribution in [0.1, 0.15) is 33.3 Å². The zero-order valence-corrected chi connectivity index (χ0v) is 16.4. The maximum atomic E-state index is 13.4. The van der Waals surface area contributed by atoms with Crippen LogP contribution in [0.4, 0.5) is 5.69 Å². The highest BCUT2D eigenvalue weighted by molar-refractivity contribution is 6.35. The molecule has 5 atom stereocenters. The van der Waals surface area contributed by atoms with E-state index >= 15 is 0 Å². The molecular formula is C19H23ClN3O4+. The predicted molar refractivity (Wildman–Crippen MR) is 97.7 cm³/mol. The standard InChI is InChI=1S/C19H22ClN3O4/c1-8(24)13-11-12(16(26)23(15(11)25)18(2,3)4)19(22-13)9-6-5-7-10(20)14(9)21-17(19)27/h5-8,11-13,22,24H,1-4H3,(H,21,27)/p+1/t8-,11-,12-,13+,19-/m0/s1. The molecule has 4 rings (SSSR count). The van der Waals surface area contributed by atoms with Crippen LogP contribution in [0.5, 0.6) is 0 Å². The Morgan fingerprint density at radius 1 is 1.26 bits per heavy atom. The second-order valence-corrected chi connectivity index (χ2v) is 9.06. The monoisotopic (exact) mass is 392 g/mol. The highest BCUT2D eigenvalue weighted by Crippen LogP contribution is 2.51. The van der Waals surface area contributed by atoms with Gasteiger partial charge in [0.2, 0.25) is 17.4 Å². The first kappa shape index (κ1) is 18.4. The molecule has 0 unspecified atom stereocenters. The highest BCUT2D eigenvalue weighted by Gasteiger charge is 2.75. The number of aliphatic hydroxyl groups excluding tert-OH is 1. The first-order chi connectivity index (χ1) is 12.5. The predicted octanol–water partition coefficient (Wildman–Crippen LogP) is 0.213. The van der Waals surface area contributed by atoms with Gasteiger partial charge < -0.3 is 15.7 Å². The molecule has 0 radical (unpaired) electrons. The summed E-state index contributed by atoms with van der Waals surface area (Å²) in [5, 5.41) is 15.2. The number of amides is 3. The SMILES string of the molecule is C[C@H](O)[C@H]1[NH2+][C@]2(C(=O)Nc3c(Cl)cccc32)[C@@H]2C(=O)N(C(C)(C)C)C(=O)[C@H]12. The summed E-state index contributed by atoms with van der Waals surface area (Å²) in [5.74, 6) is -2.74. The van der Waals surface area contributed by atoms with E-state index in [1.807, 2.05) is 0 Å². The van der Waals surface area contributed by atoms with Gasteiger partial charge in [-0.05, 0) is 39.8 Å². The topological polar surface area (TPSA) is 103 Å². The number of halogens is 1. The molecule has 0 aromatic heterocycles. The average Bonchev–Trinajstić information content (AvgIpc) is 3.13. The molecule has 7 nitrogen and oxygen atoms in total. The lowest BCUT2D eigenvalue weighted by molar-refractivity contribution is -0.738. The van der Waals surface area contributed by atoms with Gasteiger partial charge in [-0.15, -0.1) is 0 Å². The lowest BCUT2D eigenvalue weighted by Gasteiger charge is -2.33. The molecule has 4 N–H and O–H groups in total. The van der Waals surface area contributed by atoms with Crippen LogP contribution in [0.25, 0.3) is 0 Å². The van der Waals surface area contributed by atoms with Crippen molar-refractivity contribution in [2.75, 3.05) is 5.32 Å². The van der Waals surface area contributed by atoms with E-state index in [9.17, 15) is 19.5 Å². The second kappa shape index (κ2) is 5.53. The number of nitrogens with two attached hydrogens (primary N) is 1. The van der Waals surface area contributed by atoms with Crippen LogP contribution < -0.4 is 10.6 Å². The zero-order valence-electron chi connectivity index (χ0n) is 15.6. The normalized spacial score (nSPS) is 33.5. The minimum absolute atomic E-state index is 0.334. The number of anilines is 1. The molecule has 3 aliphatic heterocycles. The molecule has 2 saturated heterocycles. The summed E-state index contributed by atoms with van der Waals surface area (Å²) in [6, 6.07) is 4.55. The number of nitrogens with zero attached hydrogens (tertiary/aromatic N) is 1. The van der Waals surface area contributed by atoms with E-state index in [0.717, 1.165) is 0 Å². The van der Waals surface area contributed by atoms with Gasteiger partial charge in [0.1, 0.15) is 24.0 Å². The molecule has 27 heavy (non-hydrogen) atoms. The summed E-state index contributed by atoms with van der Waals surface area (Å²) >= 11 is 6.26. The van der Waals surface area contributed by atoms with Gasteiger partial charge in [-0.3, -0.25) is 19.3 Å². The van der Waals surface area contributed by atoms with E-state index in [1.54, 1.807) is 51.2 Å². The fourth-order valence-corrected chi connectivity index (χ4v) is 5.20. The Morgan fingerprint density at radius 3 is 2.52 bits per heavy atom. The Morgan fingerprint density at radius 2 is 1.93 bits per heavy atom. The maximum absolute atomic E-state index is 13.4. The van der Waals surface area contributed by atoms with Crippen molar-refractivity contribution >= 4 is 35.0 Å². The molecule has 0 bridgehead atoms. The third-order valence-corrected chi connectivity index (χ3v) is 6.33. The fourth-order valence-electron chi connectivity index (χ4n) is 4.98. The Balaban J connectivity index is 1.95. The second-order valence-electron chi connectivity index (χ2n) is 8.66. The number of carbonyl (C=O) groups excluding carboxylic acids is 3. The van der Waals surface area contributed by atoms with Gasteiger partial charge in [-0.1, -0.05) is 17.7 Å². The minimum atomic E-state index is -1.31. The van der Waals surface area contributed by atoms with Gasteiger partial charge in [0, 0.05) is 11.1 Å². The molecule has 3 aliphatic rings. The molecule has 3 heterocycles. The Labute approximate surface area is 162 Å². The zero-order chi connectivity index (χ0) is 19.9. The number of fused-ring (bicyclic) bond motifs is 4. The van der Waals surface area contributed by atoms with E-state index in [0.29, 0.717) is 16.3 Å². The quantitative estimate of drug-likeness (QED) is 0.594. The lowest BCUT2D eigenvalue weighted by Crippen LogP contribution is -3.00. The van der Waals surface area contributed by atoms with Gasteiger partial charge in [0.05, 0.1) is 10.7 Å². The first-order valence-electron chi connectivity index (χ1n) is 9.04. The summed E-state index contributed by atoms with van der Waals surface area (Å²) in [4.78, 5) is 41.0. The maximum Gasteiger partial charge on any atom is 0.291 e. The summed E-state index contributed by atoms with van der Waals surface area (Å²) < 4.78 is 0. The molecule has 3 amide bonds. The summed E-state index contributed by atoms with van der Waals surface area (Å²) in [7, 11) is 0. The lowest BCUT2D eigenvalue weighted by atomic mass is 9.76. The van der Waals surface area contributed by atoms with Gasteiger partial charge in [-0.2, -0.15) is 0 Å². The fraction of sp³-hybridized carbons (Fsp3) is 0.526. The third-order valence-electron chi connectivity index (χ3n) is 6.01. The summed E-state index contributed by atoms with van der Waals surface area (Å²) in [6.45, 7) is 6.95. The van der Waals surface area contributed by atoms with Gasteiger partial charge >= 0.3 is 0 Å². The number of imide groups is 1. The number of para-hydroxylation sites is 1. The number of hydrogen-bond donors (Lipinski definition) is 3. The molecule has 144 valence electrons. The number of likely N-dealkylation sites (tertiary alicyclic amines) is 1. The molecule has 1 aromatic rings. The Hall–Kier alpha value is -1.96. The van der Waals surface area contributed by atoms with Crippen LogP contribution >= 0.6 is 11.6 Å². The number of aliphatic hydroxyl groups is 1. The van der Waals surface area contributed by atoms with Crippen molar-refractivity contribution in [2.45, 2.75) is 50.9 Å². The van der Waals surface area contributed by atoms with Gasteiger partial charge in [0.25, 0.3) is 5.91 Å². The van der Waals surface area contributed by atoms with E-state index in [-0.39, 0.29) is 17.7 Å². The molecule has 8 heteroatoms.